The van der Waals surface area contributed by atoms with Gasteiger partial charge in [-0.15, -0.1) is 0 Å². The fourth-order valence-corrected chi connectivity index (χ4v) is 3.63. The van der Waals surface area contributed by atoms with E-state index in [4.69, 9.17) is 9.84 Å². The average molecular weight is 482 g/mol. The Labute approximate surface area is 199 Å². The van der Waals surface area contributed by atoms with Gasteiger partial charge in [0.15, 0.2) is 5.75 Å². The molecule has 2 amide bonds. The first-order valence-electron chi connectivity index (χ1n) is 10.7. The minimum Gasteiger partial charge on any atom is -0.455 e. The van der Waals surface area contributed by atoms with Crippen LogP contribution in [0.15, 0.2) is 84.6 Å². The maximum Gasteiger partial charge on any atom is 0.416 e. The van der Waals surface area contributed by atoms with Gasteiger partial charge in [0.05, 0.1) is 24.4 Å². The summed E-state index contributed by atoms with van der Waals surface area (Å²) in [6.45, 7) is -0.660. The molecule has 0 spiro atoms. The molecule has 0 saturated carbocycles. The van der Waals surface area contributed by atoms with Gasteiger partial charge in [0.1, 0.15) is 11.4 Å². The molecule has 1 heterocycles. The SMILES string of the molecule is O=C1C=C(Nc2cc(C(F)(F)F)ccc2Oc2ccccc2Cc2ccccc2)C(=O)N1CCO. The minimum absolute atomic E-state index is 0.0419. The normalized spacial score (nSPS) is 13.7. The van der Waals surface area contributed by atoms with Crippen LogP contribution in [0.25, 0.3) is 0 Å². The van der Waals surface area contributed by atoms with Crippen molar-refractivity contribution in [3.8, 4) is 11.5 Å². The van der Waals surface area contributed by atoms with Crippen molar-refractivity contribution in [1.29, 1.82) is 0 Å². The minimum atomic E-state index is -4.63. The molecule has 3 aromatic carbocycles. The van der Waals surface area contributed by atoms with Gasteiger partial charge in [-0.3, -0.25) is 14.5 Å². The van der Waals surface area contributed by atoms with E-state index in [2.05, 4.69) is 5.32 Å². The Kier molecular flexibility index (Phi) is 6.88. The Hall–Kier alpha value is -4.11. The number of ether oxygens (including phenoxy) is 1. The van der Waals surface area contributed by atoms with Crippen LogP contribution in [0.4, 0.5) is 18.9 Å². The summed E-state index contributed by atoms with van der Waals surface area (Å²) in [5.74, 6) is -0.949. The Morgan fingerprint density at radius 2 is 1.63 bits per heavy atom. The van der Waals surface area contributed by atoms with Crippen LogP contribution in [0.1, 0.15) is 16.7 Å². The molecule has 0 aliphatic carbocycles. The van der Waals surface area contributed by atoms with Gasteiger partial charge >= 0.3 is 6.18 Å². The highest BCUT2D eigenvalue weighted by Gasteiger charge is 2.34. The lowest BCUT2D eigenvalue weighted by atomic mass is 10.0. The number of hydrogen-bond acceptors (Lipinski definition) is 5. The zero-order valence-electron chi connectivity index (χ0n) is 18.4. The topological polar surface area (TPSA) is 78.9 Å². The average Bonchev–Trinajstić information content (AvgIpc) is 3.09. The number of carbonyl (C=O) groups excluding carboxylic acids is 2. The van der Waals surface area contributed by atoms with Gasteiger partial charge in [-0.1, -0.05) is 48.5 Å². The Morgan fingerprint density at radius 3 is 2.34 bits per heavy atom. The number of rotatable bonds is 8. The van der Waals surface area contributed by atoms with Gasteiger partial charge in [-0.25, -0.2) is 0 Å². The number of amides is 2. The molecule has 2 N–H and O–H groups in total. The number of para-hydroxylation sites is 1. The molecule has 0 saturated heterocycles. The summed E-state index contributed by atoms with van der Waals surface area (Å²) in [7, 11) is 0. The monoisotopic (exact) mass is 482 g/mol. The number of nitrogens with zero attached hydrogens (tertiary/aromatic N) is 1. The molecule has 0 atom stereocenters. The van der Waals surface area contributed by atoms with Crippen LogP contribution < -0.4 is 10.1 Å². The highest BCUT2D eigenvalue weighted by molar-refractivity contribution is 6.17. The third kappa shape index (κ3) is 5.52. The number of hydrogen-bond donors (Lipinski definition) is 2. The fourth-order valence-electron chi connectivity index (χ4n) is 3.63. The van der Waals surface area contributed by atoms with Crippen molar-refractivity contribution in [1.82, 2.24) is 4.90 Å². The van der Waals surface area contributed by atoms with E-state index < -0.39 is 30.2 Å². The molecule has 3 aromatic rings. The second-order valence-corrected chi connectivity index (χ2v) is 7.78. The van der Waals surface area contributed by atoms with Gasteiger partial charge in [-0.2, -0.15) is 13.2 Å². The van der Waals surface area contributed by atoms with Crippen LogP contribution in [0.2, 0.25) is 0 Å². The van der Waals surface area contributed by atoms with Crippen molar-refractivity contribution in [3.63, 3.8) is 0 Å². The van der Waals surface area contributed by atoms with E-state index in [0.717, 1.165) is 40.3 Å². The fraction of sp³-hybridized carbons (Fsp3) is 0.154. The summed E-state index contributed by atoms with van der Waals surface area (Å²) in [4.78, 5) is 25.4. The van der Waals surface area contributed by atoms with E-state index in [9.17, 15) is 22.8 Å². The lowest BCUT2D eigenvalue weighted by Gasteiger charge is -2.18. The second-order valence-electron chi connectivity index (χ2n) is 7.78. The van der Waals surface area contributed by atoms with E-state index in [-0.39, 0.29) is 23.7 Å². The molecular formula is C26H21F3N2O4. The van der Waals surface area contributed by atoms with E-state index >= 15 is 0 Å². The highest BCUT2D eigenvalue weighted by Crippen LogP contribution is 2.38. The van der Waals surface area contributed by atoms with Crippen LogP contribution in [0.3, 0.4) is 0 Å². The van der Waals surface area contributed by atoms with Crippen LogP contribution >= 0.6 is 0 Å². The number of halogens is 3. The molecule has 1 aliphatic heterocycles. The summed E-state index contributed by atoms with van der Waals surface area (Å²) in [6.07, 6.45) is -3.12. The Bertz CT molecular complexity index is 1270. The quantitative estimate of drug-likeness (QED) is 0.454. The number of β-amino-alcohol motifs (C(OH)–C–C–N with tert-alkyl or cyclic N) is 1. The summed E-state index contributed by atoms with van der Waals surface area (Å²) in [5.41, 5.74) is 0.538. The summed E-state index contributed by atoms with van der Waals surface area (Å²) in [6, 6.07) is 19.6. The number of aliphatic hydroxyl groups is 1. The molecule has 9 heteroatoms. The molecular weight excluding hydrogens is 461 g/mol. The summed E-state index contributed by atoms with van der Waals surface area (Å²) >= 11 is 0. The largest absolute Gasteiger partial charge is 0.455 e. The molecule has 0 aromatic heterocycles. The van der Waals surface area contributed by atoms with Crippen LogP contribution in [0.5, 0.6) is 11.5 Å². The second kappa shape index (κ2) is 10.0. The van der Waals surface area contributed by atoms with Gasteiger partial charge in [-0.05, 0) is 35.4 Å². The first-order valence-corrected chi connectivity index (χ1v) is 10.7. The van der Waals surface area contributed by atoms with Gasteiger partial charge in [0, 0.05) is 12.5 Å². The molecule has 0 unspecified atom stereocenters. The number of carbonyl (C=O) groups is 2. The number of benzene rings is 3. The number of nitrogens with one attached hydrogen (secondary N) is 1. The zero-order valence-corrected chi connectivity index (χ0v) is 18.4. The first-order chi connectivity index (χ1) is 16.8. The molecule has 1 aliphatic rings. The summed E-state index contributed by atoms with van der Waals surface area (Å²) in [5, 5.41) is 11.7. The molecule has 4 rings (SSSR count). The van der Waals surface area contributed by atoms with Crippen LogP contribution in [0, 0.1) is 0 Å². The Balaban J connectivity index is 1.67. The predicted octanol–water partition coefficient (Wildman–Crippen LogP) is 4.75. The molecule has 0 bridgehead atoms. The number of imide groups is 1. The molecule has 0 fully saturated rings. The molecule has 0 radical (unpaired) electrons. The van der Waals surface area contributed by atoms with Crippen molar-refractivity contribution in [2.45, 2.75) is 12.6 Å². The van der Waals surface area contributed by atoms with Crippen molar-refractivity contribution in [2.24, 2.45) is 0 Å². The molecule has 180 valence electrons. The van der Waals surface area contributed by atoms with Crippen molar-refractivity contribution >= 4 is 17.5 Å². The van der Waals surface area contributed by atoms with E-state index in [0.29, 0.717) is 12.2 Å². The lowest BCUT2D eigenvalue weighted by Crippen LogP contribution is -2.34. The van der Waals surface area contributed by atoms with Crippen molar-refractivity contribution in [3.05, 3.63) is 101 Å². The van der Waals surface area contributed by atoms with Gasteiger partial charge in [0.2, 0.25) is 0 Å². The maximum absolute atomic E-state index is 13.4. The zero-order chi connectivity index (χ0) is 25.0. The van der Waals surface area contributed by atoms with E-state index in [1.54, 1.807) is 12.1 Å². The standard InChI is InChI=1S/C26H21F3N2O4/c27-26(28,29)19-10-11-23(20(15-19)30-21-16-24(33)31(12-13-32)25(21)34)35-22-9-5-4-8-18(22)14-17-6-2-1-3-7-17/h1-11,15-16,30,32H,12-14H2. The third-order valence-corrected chi connectivity index (χ3v) is 5.34. The first kappa shape index (κ1) is 24.0. The smallest absolute Gasteiger partial charge is 0.416 e. The number of anilines is 1. The molecule has 6 nitrogen and oxygen atoms in total. The number of alkyl halides is 3. The van der Waals surface area contributed by atoms with E-state index in [1.165, 1.54) is 0 Å². The van der Waals surface area contributed by atoms with Crippen molar-refractivity contribution < 1.29 is 32.6 Å². The lowest BCUT2D eigenvalue weighted by molar-refractivity contribution is -0.138. The molecule has 35 heavy (non-hydrogen) atoms. The highest BCUT2D eigenvalue weighted by atomic mass is 19.4. The maximum atomic E-state index is 13.4. The Morgan fingerprint density at radius 1 is 0.914 bits per heavy atom. The van der Waals surface area contributed by atoms with Gasteiger partial charge < -0.3 is 15.2 Å². The predicted molar refractivity (Wildman–Crippen MR) is 123 cm³/mol. The third-order valence-electron chi connectivity index (χ3n) is 5.34. The van der Waals surface area contributed by atoms with Crippen molar-refractivity contribution in [2.75, 3.05) is 18.5 Å². The van der Waals surface area contributed by atoms with Crippen LogP contribution in [-0.4, -0.2) is 35.0 Å². The van der Waals surface area contributed by atoms with Gasteiger partial charge in [0.25, 0.3) is 11.8 Å². The van der Waals surface area contributed by atoms with Crippen LogP contribution in [-0.2, 0) is 22.2 Å². The number of aliphatic hydroxyl groups excluding tert-OH is 1. The van der Waals surface area contributed by atoms with E-state index in [1.807, 2.05) is 42.5 Å². The summed E-state index contributed by atoms with van der Waals surface area (Å²) < 4.78 is 46.2.